The van der Waals surface area contributed by atoms with Crippen molar-refractivity contribution in [2.45, 2.75) is 19.3 Å². The van der Waals surface area contributed by atoms with Crippen LogP contribution in [0.2, 0.25) is 5.02 Å². The van der Waals surface area contributed by atoms with Crippen molar-refractivity contribution in [1.29, 1.82) is 0 Å². The first-order valence-electron chi connectivity index (χ1n) is 6.75. The first-order valence-corrected chi connectivity index (χ1v) is 7.13. The number of hydrogen-bond donors (Lipinski definition) is 2. The number of nitrogens with one attached hydrogen (secondary N) is 2. The van der Waals surface area contributed by atoms with Crippen molar-refractivity contribution in [3.63, 3.8) is 0 Å². The molecule has 0 heterocycles. The van der Waals surface area contributed by atoms with Gasteiger partial charge in [0.15, 0.2) is 0 Å². The minimum Gasteiger partial charge on any atom is -0.348 e. The minimum atomic E-state index is -0.853. The van der Waals surface area contributed by atoms with Crippen LogP contribution in [0, 0.1) is 11.7 Å². The smallest absolute Gasteiger partial charge is 0.313 e. The maximum absolute atomic E-state index is 13.1. The SMILES string of the molecule is O=C(NC[C@@H]1CC=CCC1)C(=O)Nc1cc(F)ccc1Cl. The molecule has 112 valence electrons. The van der Waals surface area contributed by atoms with E-state index in [2.05, 4.69) is 22.8 Å². The fraction of sp³-hybridized carbons (Fsp3) is 0.333. The Labute approximate surface area is 127 Å². The maximum atomic E-state index is 13.1. The highest BCUT2D eigenvalue weighted by molar-refractivity contribution is 6.41. The van der Waals surface area contributed by atoms with Crippen molar-refractivity contribution in [2.75, 3.05) is 11.9 Å². The third-order valence-electron chi connectivity index (χ3n) is 3.31. The number of allylic oxidation sites excluding steroid dienone is 2. The van der Waals surface area contributed by atoms with Gasteiger partial charge in [0, 0.05) is 6.54 Å². The van der Waals surface area contributed by atoms with Crippen molar-refractivity contribution in [1.82, 2.24) is 5.32 Å². The third kappa shape index (κ3) is 4.56. The highest BCUT2D eigenvalue weighted by Gasteiger charge is 2.17. The van der Waals surface area contributed by atoms with Crippen molar-refractivity contribution in [3.05, 3.63) is 41.2 Å². The van der Waals surface area contributed by atoms with Crippen LogP contribution in [0.25, 0.3) is 0 Å². The van der Waals surface area contributed by atoms with E-state index in [0.717, 1.165) is 25.3 Å². The van der Waals surface area contributed by atoms with Gasteiger partial charge in [-0.05, 0) is 43.4 Å². The molecule has 1 aliphatic rings. The molecule has 1 atom stereocenters. The van der Waals surface area contributed by atoms with Crippen LogP contribution in [-0.4, -0.2) is 18.4 Å². The number of amides is 2. The predicted molar refractivity (Wildman–Crippen MR) is 79.5 cm³/mol. The molecule has 0 saturated carbocycles. The summed E-state index contributed by atoms with van der Waals surface area (Å²) >= 11 is 5.82. The fourth-order valence-electron chi connectivity index (χ4n) is 2.13. The number of hydrogen-bond acceptors (Lipinski definition) is 2. The molecule has 0 fully saturated rings. The molecule has 2 N–H and O–H groups in total. The zero-order valence-electron chi connectivity index (χ0n) is 11.4. The van der Waals surface area contributed by atoms with E-state index in [0.29, 0.717) is 12.5 Å². The van der Waals surface area contributed by atoms with Crippen LogP contribution < -0.4 is 10.6 Å². The van der Waals surface area contributed by atoms with Crippen LogP contribution in [-0.2, 0) is 9.59 Å². The second-order valence-electron chi connectivity index (χ2n) is 4.94. The molecule has 2 amide bonds. The average molecular weight is 311 g/mol. The number of halogens is 2. The molecule has 21 heavy (non-hydrogen) atoms. The second-order valence-corrected chi connectivity index (χ2v) is 5.35. The van der Waals surface area contributed by atoms with Crippen LogP contribution in [0.15, 0.2) is 30.4 Å². The van der Waals surface area contributed by atoms with Gasteiger partial charge in [0.25, 0.3) is 0 Å². The van der Waals surface area contributed by atoms with Gasteiger partial charge in [0.1, 0.15) is 5.82 Å². The van der Waals surface area contributed by atoms with E-state index in [4.69, 9.17) is 11.6 Å². The van der Waals surface area contributed by atoms with Crippen LogP contribution >= 0.6 is 11.6 Å². The summed E-state index contributed by atoms with van der Waals surface area (Å²) < 4.78 is 13.1. The topological polar surface area (TPSA) is 58.2 Å². The lowest BCUT2D eigenvalue weighted by Crippen LogP contribution is -2.38. The summed E-state index contributed by atoms with van der Waals surface area (Å²) in [6.07, 6.45) is 7.07. The summed E-state index contributed by atoms with van der Waals surface area (Å²) in [6.45, 7) is 0.452. The lowest BCUT2D eigenvalue weighted by atomic mass is 9.94. The molecule has 2 rings (SSSR count). The molecule has 0 aliphatic heterocycles. The molecule has 4 nitrogen and oxygen atoms in total. The summed E-state index contributed by atoms with van der Waals surface area (Å²) in [5.41, 5.74) is 0.0809. The van der Waals surface area contributed by atoms with Gasteiger partial charge in [0.2, 0.25) is 0 Å². The van der Waals surface area contributed by atoms with E-state index in [-0.39, 0.29) is 10.7 Å². The molecule has 0 bridgehead atoms. The van der Waals surface area contributed by atoms with E-state index in [1.54, 1.807) is 0 Å². The van der Waals surface area contributed by atoms with Gasteiger partial charge >= 0.3 is 11.8 Å². The lowest BCUT2D eigenvalue weighted by molar-refractivity contribution is -0.136. The Morgan fingerprint density at radius 3 is 2.81 bits per heavy atom. The summed E-state index contributed by atoms with van der Waals surface area (Å²) in [4.78, 5) is 23.4. The van der Waals surface area contributed by atoms with Crippen molar-refractivity contribution >= 4 is 29.1 Å². The largest absolute Gasteiger partial charge is 0.348 e. The monoisotopic (exact) mass is 310 g/mol. The molecule has 0 unspecified atom stereocenters. The Kier molecular flexibility index (Phi) is 5.33. The Morgan fingerprint density at radius 2 is 2.10 bits per heavy atom. The Morgan fingerprint density at radius 1 is 1.29 bits per heavy atom. The predicted octanol–water partition coefficient (Wildman–Crippen LogP) is 2.89. The van der Waals surface area contributed by atoms with Crippen LogP contribution in [0.1, 0.15) is 19.3 Å². The van der Waals surface area contributed by atoms with Crippen LogP contribution in [0.5, 0.6) is 0 Å². The number of rotatable bonds is 3. The molecule has 0 radical (unpaired) electrons. The van der Waals surface area contributed by atoms with Gasteiger partial charge in [-0.3, -0.25) is 9.59 Å². The highest BCUT2D eigenvalue weighted by Crippen LogP contribution is 2.22. The summed E-state index contributed by atoms with van der Waals surface area (Å²) in [5, 5.41) is 5.06. The van der Waals surface area contributed by atoms with Gasteiger partial charge in [0.05, 0.1) is 10.7 Å². The quantitative estimate of drug-likeness (QED) is 0.666. The first-order chi connectivity index (χ1) is 10.1. The molecule has 0 saturated heterocycles. The van der Waals surface area contributed by atoms with E-state index in [9.17, 15) is 14.0 Å². The molecule has 6 heteroatoms. The minimum absolute atomic E-state index is 0.0809. The number of carbonyl (C=O) groups excluding carboxylic acids is 2. The summed E-state index contributed by atoms with van der Waals surface area (Å²) in [6, 6.07) is 3.56. The van der Waals surface area contributed by atoms with Gasteiger partial charge in [-0.2, -0.15) is 0 Å². The van der Waals surface area contributed by atoms with Gasteiger partial charge in [-0.1, -0.05) is 23.8 Å². The molecule has 0 aromatic heterocycles. The van der Waals surface area contributed by atoms with Crippen molar-refractivity contribution in [2.24, 2.45) is 5.92 Å². The third-order valence-corrected chi connectivity index (χ3v) is 3.64. The van der Waals surface area contributed by atoms with Gasteiger partial charge in [-0.15, -0.1) is 0 Å². The Bertz CT molecular complexity index is 575. The second kappa shape index (κ2) is 7.22. The van der Waals surface area contributed by atoms with E-state index in [1.165, 1.54) is 12.1 Å². The van der Waals surface area contributed by atoms with E-state index >= 15 is 0 Å². The Hall–Kier alpha value is -1.88. The zero-order valence-corrected chi connectivity index (χ0v) is 12.1. The molecular formula is C15H16ClFN2O2. The van der Waals surface area contributed by atoms with Gasteiger partial charge < -0.3 is 10.6 Å². The Balaban J connectivity index is 1.86. The van der Waals surface area contributed by atoms with E-state index < -0.39 is 17.6 Å². The summed E-state index contributed by atoms with van der Waals surface area (Å²) in [7, 11) is 0. The van der Waals surface area contributed by atoms with Crippen LogP contribution in [0.4, 0.5) is 10.1 Å². The number of benzene rings is 1. The van der Waals surface area contributed by atoms with Gasteiger partial charge in [-0.25, -0.2) is 4.39 Å². The molecular weight excluding hydrogens is 295 g/mol. The standard InChI is InChI=1S/C15H16ClFN2O2/c16-12-7-6-11(17)8-13(12)19-15(21)14(20)18-9-10-4-2-1-3-5-10/h1-2,6-8,10H,3-5,9H2,(H,18,20)(H,19,21)/t10-/m1/s1. The molecule has 1 aromatic carbocycles. The number of carbonyl (C=O) groups is 2. The average Bonchev–Trinajstić information content (AvgIpc) is 2.49. The molecule has 1 aliphatic carbocycles. The first kappa shape index (κ1) is 15.5. The van der Waals surface area contributed by atoms with Crippen molar-refractivity contribution < 1.29 is 14.0 Å². The van der Waals surface area contributed by atoms with Crippen LogP contribution in [0.3, 0.4) is 0 Å². The lowest BCUT2D eigenvalue weighted by Gasteiger charge is -2.17. The summed E-state index contributed by atoms with van der Waals surface area (Å²) in [5.74, 6) is -1.78. The zero-order chi connectivity index (χ0) is 15.2. The highest BCUT2D eigenvalue weighted by atomic mass is 35.5. The number of anilines is 1. The van der Waals surface area contributed by atoms with E-state index in [1.807, 2.05) is 0 Å². The van der Waals surface area contributed by atoms with Crippen molar-refractivity contribution in [3.8, 4) is 0 Å². The molecule has 0 spiro atoms. The normalized spacial score (nSPS) is 17.3. The molecule has 1 aromatic rings. The fourth-order valence-corrected chi connectivity index (χ4v) is 2.30. The maximum Gasteiger partial charge on any atom is 0.313 e.